The lowest BCUT2D eigenvalue weighted by molar-refractivity contribution is -0.126. The van der Waals surface area contributed by atoms with Crippen molar-refractivity contribution < 1.29 is 4.79 Å². The van der Waals surface area contributed by atoms with Crippen LogP contribution in [0.5, 0.6) is 0 Å². The Balaban J connectivity index is 1.94. The van der Waals surface area contributed by atoms with Crippen molar-refractivity contribution in [1.29, 1.82) is 0 Å². The molecule has 0 unspecified atom stereocenters. The van der Waals surface area contributed by atoms with Crippen LogP contribution in [0.15, 0.2) is 0 Å². The lowest BCUT2D eigenvalue weighted by Gasteiger charge is -2.22. The van der Waals surface area contributed by atoms with Crippen LogP contribution in [0.3, 0.4) is 0 Å². The third-order valence-electron chi connectivity index (χ3n) is 3.26. The van der Waals surface area contributed by atoms with Gasteiger partial charge in [-0.1, -0.05) is 19.3 Å². The molecule has 68 valence electrons. The fraction of sp³-hybridized carbons (Fsp3) is 0.900. The Bertz CT molecular complexity index is 190. The first-order chi connectivity index (χ1) is 5.72. The molecule has 0 spiro atoms. The minimum absolute atomic E-state index is 0.311. The van der Waals surface area contributed by atoms with Crippen molar-refractivity contribution in [3.05, 3.63) is 0 Å². The van der Waals surface area contributed by atoms with E-state index in [1.807, 2.05) is 0 Å². The number of rotatable bonds is 2. The Morgan fingerprint density at radius 3 is 2.25 bits per heavy atom. The number of carbonyl (C=O) groups is 1. The van der Waals surface area contributed by atoms with Gasteiger partial charge in [0.25, 0.3) is 0 Å². The second kappa shape index (κ2) is 2.84. The lowest BCUT2D eigenvalue weighted by Crippen LogP contribution is -2.38. The summed E-state index contributed by atoms with van der Waals surface area (Å²) in [5, 5.41) is 0. The molecule has 2 heteroatoms. The molecule has 0 aromatic rings. The first-order valence-corrected chi connectivity index (χ1v) is 5.06. The van der Waals surface area contributed by atoms with E-state index >= 15 is 0 Å². The smallest absolute Gasteiger partial charge is 0.155 e. The zero-order chi connectivity index (χ0) is 8.60. The number of hydrogen-bond donors (Lipinski definition) is 1. The monoisotopic (exact) mass is 167 g/mol. The quantitative estimate of drug-likeness (QED) is 0.679. The van der Waals surface area contributed by atoms with Gasteiger partial charge in [-0.25, -0.2) is 0 Å². The third-order valence-corrected chi connectivity index (χ3v) is 3.26. The molecule has 2 N–H and O–H groups in total. The van der Waals surface area contributed by atoms with Gasteiger partial charge in [-0.05, 0) is 25.7 Å². The second-order valence-electron chi connectivity index (χ2n) is 4.36. The predicted octanol–water partition coefficient (Wildman–Crippen LogP) is 1.63. The van der Waals surface area contributed by atoms with Crippen molar-refractivity contribution in [2.75, 3.05) is 0 Å². The largest absolute Gasteiger partial charge is 0.319 e. The van der Waals surface area contributed by atoms with Crippen LogP contribution >= 0.6 is 0 Å². The van der Waals surface area contributed by atoms with Gasteiger partial charge in [0.1, 0.15) is 0 Å². The Labute approximate surface area is 73.5 Å². The maximum absolute atomic E-state index is 11.8. The van der Waals surface area contributed by atoms with Gasteiger partial charge in [0.2, 0.25) is 0 Å². The molecule has 0 aromatic carbocycles. The van der Waals surface area contributed by atoms with E-state index in [1.54, 1.807) is 0 Å². The summed E-state index contributed by atoms with van der Waals surface area (Å²) >= 11 is 0. The maximum Gasteiger partial charge on any atom is 0.155 e. The van der Waals surface area contributed by atoms with Gasteiger partial charge in [-0.15, -0.1) is 0 Å². The molecule has 0 atom stereocenters. The molecule has 2 rings (SSSR count). The summed E-state index contributed by atoms with van der Waals surface area (Å²) in [5.74, 6) is 0.674. The highest BCUT2D eigenvalue weighted by Crippen LogP contribution is 2.39. The van der Waals surface area contributed by atoms with Gasteiger partial charge >= 0.3 is 0 Å². The van der Waals surface area contributed by atoms with Gasteiger partial charge < -0.3 is 5.73 Å². The molecule has 0 saturated heterocycles. The molecule has 0 aliphatic heterocycles. The van der Waals surface area contributed by atoms with Crippen LogP contribution in [0.4, 0.5) is 0 Å². The van der Waals surface area contributed by atoms with Gasteiger partial charge in [0.15, 0.2) is 5.78 Å². The van der Waals surface area contributed by atoms with E-state index in [9.17, 15) is 4.79 Å². The van der Waals surface area contributed by atoms with E-state index < -0.39 is 0 Å². The molecular weight excluding hydrogens is 150 g/mol. The topological polar surface area (TPSA) is 43.1 Å². The summed E-state index contributed by atoms with van der Waals surface area (Å²) in [6, 6.07) is 0. The highest BCUT2D eigenvalue weighted by Gasteiger charge is 2.48. The van der Waals surface area contributed by atoms with Crippen LogP contribution < -0.4 is 5.73 Å². The zero-order valence-corrected chi connectivity index (χ0v) is 7.51. The van der Waals surface area contributed by atoms with Crippen molar-refractivity contribution in [2.24, 2.45) is 11.7 Å². The highest BCUT2D eigenvalue weighted by atomic mass is 16.1. The van der Waals surface area contributed by atoms with Gasteiger partial charge in [-0.3, -0.25) is 4.79 Å². The SMILES string of the molecule is NC1(C(=O)C2CCCCC2)CC1. The first-order valence-electron chi connectivity index (χ1n) is 5.06. The fourth-order valence-corrected chi connectivity index (χ4v) is 2.15. The molecule has 0 heterocycles. The highest BCUT2D eigenvalue weighted by molar-refractivity contribution is 5.92. The van der Waals surface area contributed by atoms with E-state index in [0.717, 1.165) is 25.7 Å². The molecule has 2 aliphatic carbocycles. The molecule has 2 aliphatic rings. The van der Waals surface area contributed by atoms with Crippen LogP contribution in [-0.2, 0) is 4.79 Å². The van der Waals surface area contributed by atoms with Crippen molar-refractivity contribution in [1.82, 2.24) is 0 Å². The van der Waals surface area contributed by atoms with E-state index in [2.05, 4.69) is 0 Å². The minimum atomic E-state index is -0.373. The Kier molecular flexibility index (Phi) is 1.95. The first kappa shape index (κ1) is 8.24. The van der Waals surface area contributed by atoms with Gasteiger partial charge in [0, 0.05) is 5.92 Å². The molecule has 2 nitrogen and oxygen atoms in total. The van der Waals surface area contributed by atoms with Crippen molar-refractivity contribution in [3.63, 3.8) is 0 Å². The Hall–Kier alpha value is -0.370. The summed E-state index contributed by atoms with van der Waals surface area (Å²) in [4.78, 5) is 11.8. The third kappa shape index (κ3) is 1.40. The van der Waals surface area contributed by atoms with Crippen molar-refractivity contribution in [3.8, 4) is 0 Å². The molecule has 2 fully saturated rings. The average molecular weight is 167 g/mol. The summed E-state index contributed by atoms with van der Waals surface area (Å²) in [6.07, 6.45) is 7.82. The predicted molar refractivity (Wildman–Crippen MR) is 47.7 cm³/mol. The van der Waals surface area contributed by atoms with Crippen LogP contribution in [0.2, 0.25) is 0 Å². The minimum Gasteiger partial charge on any atom is -0.319 e. The molecular formula is C10H17NO. The van der Waals surface area contributed by atoms with Crippen molar-refractivity contribution in [2.45, 2.75) is 50.5 Å². The van der Waals surface area contributed by atoms with E-state index in [1.165, 1.54) is 19.3 Å². The fourth-order valence-electron chi connectivity index (χ4n) is 2.15. The molecule has 0 aromatic heterocycles. The summed E-state index contributed by atoms with van der Waals surface area (Å²) in [5.41, 5.74) is 5.50. The molecule has 0 bridgehead atoms. The molecule has 2 saturated carbocycles. The van der Waals surface area contributed by atoms with E-state index in [0.29, 0.717) is 11.7 Å². The van der Waals surface area contributed by atoms with E-state index in [-0.39, 0.29) is 5.54 Å². The molecule has 0 radical (unpaired) electrons. The Morgan fingerprint density at radius 1 is 1.17 bits per heavy atom. The average Bonchev–Trinajstić information content (AvgIpc) is 2.85. The number of ketones is 1. The number of carbonyl (C=O) groups excluding carboxylic acids is 1. The lowest BCUT2D eigenvalue weighted by atomic mass is 9.83. The normalized spacial score (nSPS) is 28.4. The zero-order valence-electron chi connectivity index (χ0n) is 7.51. The van der Waals surface area contributed by atoms with Crippen LogP contribution in [-0.4, -0.2) is 11.3 Å². The van der Waals surface area contributed by atoms with Gasteiger partial charge in [0.05, 0.1) is 5.54 Å². The number of hydrogen-bond acceptors (Lipinski definition) is 2. The van der Waals surface area contributed by atoms with Crippen LogP contribution in [0.25, 0.3) is 0 Å². The Morgan fingerprint density at radius 2 is 1.75 bits per heavy atom. The van der Waals surface area contributed by atoms with Crippen LogP contribution in [0, 0.1) is 5.92 Å². The molecule has 12 heavy (non-hydrogen) atoms. The number of nitrogens with two attached hydrogens (primary N) is 1. The van der Waals surface area contributed by atoms with Gasteiger partial charge in [-0.2, -0.15) is 0 Å². The van der Waals surface area contributed by atoms with E-state index in [4.69, 9.17) is 5.73 Å². The summed E-state index contributed by atoms with van der Waals surface area (Å²) in [6.45, 7) is 0. The van der Waals surface area contributed by atoms with Crippen molar-refractivity contribution >= 4 is 5.78 Å². The standard InChI is InChI=1S/C10H17NO/c11-10(6-7-10)9(12)8-4-2-1-3-5-8/h8H,1-7,11H2. The maximum atomic E-state index is 11.8. The summed E-state index contributed by atoms with van der Waals surface area (Å²) in [7, 11) is 0. The number of Topliss-reactive ketones (excluding diaryl/α,β-unsaturated/α-hetero) is 1. The second-order valence-corrected chi connectivity index (χ2v) is 4.36. The molecule has 0 amide bonds. The van der Waals surface area contributed by atoms with Crippen LogP contribution in [0.1, 0.15) is 44.9 Å². The summed E-state index contributed by atoms with van der Waals surface area (Å²) < 4.78 is 0.